The van der Waals surface area contributed by atoms with E-state index in [1.54, 1.807) is 48.5 Å². The van der Waals surface area contributed by atoms with Gasteiger partial charge in [-0.05, 0) is 72.3 Å². The number of amides is 2. The van der Waals surface area contributed by atoms with Crippen LogP contribution in [0.15, 0.2) is 83.8 Å². The Hall–Kier alpha value is -4.69. The van der Waals surface area contributed by atoms with Gasteiger partial charge in [0.1, 0.15) is 5.69 Å². The average Bonchev–Trinajstić information content (AvgIpc) is 3.69. The molecular weight excluding hydrogens is 611 g/mol. The molecule has 4 N–H and O–H groups in total. The molecule has 0 bridgehead atoms. The molecule has 4 aromatic rings. The Labute approximate surface area is 257 Å². The summed E-state index contributed by atoms with van der Waals surface area (Å²) in [5.74, 6) is -0.398. The number of sulfone groups is 1. The number of hydrogen-bond donors (Lipinski definition) is 4. The second kappa shape index (κ2) is 12.7. The molecule has 14 heteroatoms. The normalized spacial score (nSPS) is 14.1. The van der Waals surface area contributed by atoms with E-state index in [1.165, 1.54) is 24.3 Å². The first-order chi connectivity index (χ1) is 21.3. The number of nitrogens with zero attached hydrogens (tertiary/aromatic N) is 2. The minimum atomic E-state index is -4.84. The van der Waals surface area contributed by atoms with E-state index >= 15 is 0 Å². The molecule has 1 fully saturated rings. The maximum atomic E-state index is 13.7. The summed E-state index contributed by atoms with van der Waals surface area (Å²) in [4.78, 5) is 24.5. The van der Waals surface area contributed by atoms with E-state index < -0.39 is 45.4 Å². The van der Waals surface area contributed by atoms with E-state index in [0.717, 1.165) is 23.8 Å². The van der Waals surface area contributed by atoms with Crippen LogP contribution in [-0.2, 0) is 22.6 Å². The summed E-state index contributed by atoms with van der Waals surface area (Å²) < 4.78 is 67.2. The minimum Gasteiger partial charge on any atom is -0.465 e. The molecule has 1 aliphatic rings. The number of aromatic nitrogens is 2. The van der Waals surface area contributed by atoms with Crippen LogP contribution in [0, 0.1) is 5.92 Å². The molecular formula is C31H30F3N5O5S. The van der Waals surface area contributed by atoms with Crippen molar-refractivity contribution in [1.29, 1.82) is 0 Å². The molecule has 10 nitrogen and oxygen atoms in total. The van der Waals surface area contributed by atoms with E-state index in [9.17, 15) is 31.2 Å². The molecule has 1 atom stereocenters. The smallest absolute Gasteiger partial charge is 0.435 e. The molecule has 0 saturated heterocycles. The van der Waals surface area contributed by atoms with Gasteiger partial charge >= 0.3 is 12.3 Å². The second-order valence-corrected chi connectivity index (χ2v) is 12.8. The maximum absolute atomic E-state index is 13.7. The van der Waals surface area contributed by atoms with Crippen LogP contribution in [0.5, 0.6) is 0 Å². The molecule has 5 rings (SSSR count). The highest BCUT2D eigenvalue weighted by molar-refractivity contribution is 7.90. The van der Waals surface area contributed by atoms with E-state index in [1.807, 2.05) is 0 Å². The van der Waals surface area contributed by atoms with Crippen molar-refractivity contribution in [3.05, 3.63) is 107 Å². The van der Waals surface area contributed by atoms with Crippen molar-refractivity contribution >= 4 is 27.5 Å². The third-order valence-corrected chi connectivity index (χ3v) is 8.42. The van der Waals surface area contributed by atoms with Gasteiger partial charge < -0.3 is 21.1 Å². The van der Waals surface area contributed by atoms with Gasteiger partial charge in [0.15, 0.2) is 15.5 Å². The molecule has 1 aliphatic carbocycles. The van der Waals surface area contributed by atoms with Gasteiger partial charge in [-0.3, -0.25) is 4.79 Å². The number of nitrogens with one attached hydrogen (secondary N) is 3. The summed E-state index contributed by atoms with van der Waals surface area (Å²) >= 11 is 0. The van der Waals surface area contributed by atoms with Crippen LogP contribution >= 0.6 is 0 Å². The molecule has 236 valence electrons. The molecule has 1 unspecified atom stereocenters. The number of benzene rings is 3. The highest BCUT2D eigenvalue weighted by Gasteiger charge is 2.36. The third-order valence-electron chi connectivity index (χ3n) is 7.25. The first-order valence-electron chi connectivity index (χ1n) is 14.0. The van der Waals surface area contributed by atoms with E-state index in [0.29, 0.717) is 35.2 Å². The lowest BCUT2D eigenvalue weighted by atomic mass is 9.97. The van der Waals surface area contributed by atoms with Crippen molar-refractivity contribution in [3.8, 4) is 5.69 Å². The topological polar surface area (TPSA) is 142 Å². The third kappa shape index (κ3) is 7.88. The summed E-state index contributed by atoms with van der Waals surface area (Å²) in [6, 6.07) is 19.4. The largest absolute Gasteiger partial charge is 0.465 e. The van der Waals surface area contributed by atoms with Crippen molar-refractivity contribution in [3.63, 3.8) is 0 Å². The van der Waals surface area contributed by atoms with Crippen molar-refractivity contribution in [1.82, 2.24) is 20.4 Å². The predicted molar refractivity (Wildman–Crippen MR) is 160 cm³/mol. The van der Waals surface area contributed by atoms with Crippen molar-refractivity contribution in [2.45, 2.75) is 36.5 Å². The van der Waals surface area contributed by atoms with Crippen LogP contribution in [0.4, 0.5) is 23.7 Å². The Kier molecular flexibility index (Phi) is 8.98. The summed E-state index contributed by atoms with van der Waals surface area (Å²) in [6.07, 6.45) is -2.84. The van der Waals surface area contributed by atoms with E-state index in [2.05, 4.69) is 21.0 Å². The highest BCUT2D eigenvalue weighted by Crippen LogP contribution is 2.34. The average molecular weight is 642 g/mol. The second-order valence-electron chi connectivity index (χ2n) is 10.8. The zero-order chi connectivity index (χ0) is 32.4. The van der Waals surface area contributed by atoms with Gasteiger partial charge in [-0.25, -0.2) is 17.9 Å². The number of carboxylic acid groups (broad SMARTS) is 1. The highest BCUT2D eigenvalue weighted by atomic mass is 32.2. The number of rotatable bonds is 11. The Morgan fingerprint density at radius 3 is 2.44 bits per heavy atom. The maximum Gasteiger partial charge on any atom is 0.435 e. The number of halogens is 3. The lowest BCUT2D eigenvalue weighted by Crippen LogP contribution is -2.26. The Morgan fingerprint density at radius 2 is 1.76 bits per heavy atom. The monoisotopic (exact) mass is 641 g/mol. The Morgan fingerprint density at radius 1 is 1.02 bits per heavy atom. The molecule has 0 aliphatic heterocycles. The molecule has 1 aromatic heterocycles. The minimum absolute atomic E-state index is 0.108. The number of carbonyl (C=O) groups excluding carboxylic acids is 1. The molecule has 1 heterocycles. The first kappa shape index (κ1) is 31.7. The van der Waals surface area contributed by atoms with E-state index in [4.69, 9.17) is 5.11 Å². The molecule has 0 spiro atoms. The summed E-state index contributed by atoms with van der Waals surface area (Å²) in [5.41, 5.74) is 0.335. The van der Waals surface area contributed by atoms with Gasteiger partial charge in [-0.15, -0.1) is 0 Å². The molecule has 0 radical (unpaired) electrons. The van der Waals surface area contributed by atoms with Crippen LogP contribution in [-0.4, -0.2) is 48.1 Å². The number of alkyl halides is 3. The lowest BCUT2D eigenvalue weighted by molar-refractivity contribution is -0.141. The number of anilines is 1. The van der Waals surface area contributed by atoms with Crippen LogP contribution < -0.4 is 16.0 Å². The first-order valence-corrected chi connectivity index (χ1v) is 15.9. The van der Waals surface area contributed by atoms with Gasteiger partial charge in [0.2, 0.25) is 0 Å². The quantitative estimate of drug-likeness (QED) is 0.172. The van der Waals surface area contributed by atoms with Gasteiger partial charge in [-0.2, -0.15) is 18.3 Å². The Bertz CT molecular complexity index is 1840. The van der Waals surface area contributed by atoms with Crippen LogP contribution in [0.25, 0.3) is 5.69 Å². The summed E-state index contributed by atoms with van der Waals surface area (Å²) in [6.45, 7) is 0.545. The zero-order valence-corrected chi connectivity index (χ0v) is 24.8. The van der Waals surface area contributed by atoms with Gasteiger partial charge in [-0.1, -0.05) is 42.5 Å². The SMILES string of the molecule is CS(=O)(=O)c1ccccc1C(NCC1CC1)c1cccc(NC(=O)c2cc(C(F)(F)F)nn2-c2cccc(CNC(=O)O)c2)c1. The zero-order valence-electron chi connectivity index (χ0n) is 24.0. The fourth-order valence-electron chi connectivity index (χ4n) is 4.92. The van der Waals surface area contributed by atoms with Crippen molar-refractivity contribution < 1.29 is 36.3 Å². The Balaban J connectivity index is 1.48. The lowest BCUT2D eigenvalue weighted by Gasteiger charge is -2.23. The fourth-order valence-corrected chi connectivity index (χ4v) is 5.86. The molecule has 2 amide bonds. The van der Waals surface area contributed by atoms with Crippen LogP contribution in [0.3, 0.4) is 0 Å². The summed E-state index contributed by atoms with van der Waals surface area (Å²) in [5, 5.41) is 20.8. The number of carbonyl (C=O) groups is 2. The van der Waals surface area contributed by atoms with Crippen molar-refractivity contribution in [2.24, 2.45) is 5.92 Å². The van der Waals surface area contributed by atoms with E-state index in [-0.39, 0.29) is 22.8 Å². The van der Waals surface area contributed by atoms with Gasteiger partial charge in [0.05, 0.1) is 16.6 Å². The standard InChI is InChI=1S/C31H30F3N5O5S/c1-45(43,44)26-11-3-2-10-24(26)28(35-17-19-12-13-19)21-7-5-8-22(15-21)37-29(40)25-16-27(31(32,33)34)38-39(25)23-9-4-6-20(14-23)18-36-30(41)42/h2-11,14-16,19,28,35-36H,12-13,17-18H2,1H3,(H,37,40)(H,41,42). The fraction of sp³-hybridized carbons (Fsp3) is 0.258. The predicted octanol–water partition coefficient (Wildman–Crippen LogP) is 5.40. The van der Waals surface area contributed by atoms with Crippen molar-refractivity contribution in [2.75, 3.05) is 18.1 Å². The molecule has 3 aromatic carbocycles. The molecule has 45 heavy (non-hydrogen) atoms. The van der Waals surface area contributed by atoms with Crippen LogP contribution in [0.2, 0.25) is 0 Å². The summed E-state index contributed by atoms with van der Waals surface area (Å²) in [7, 11) is -3.57. The van der Waals surface area contributed by atoms with Gasteiger partial charge in [0.25, 0.3) is 5.91 Å². The van der Waals surface area contributed by atoms with Gasteiger partial charge in [0, 0.05) is 24.6 Å². The van der Waals surface area contributed by atoms with Crippen LogP contribution in [0.1, 0.15) is 51.8 Å². The molecule has 1 saturated carbocycles. The number of hydrogen-bond acceptors (Lipinski definition) is 6.